The maximum absolute atomic E-state index is 13.1. The number of imide groups is 1. The van der Waals surface area contributed by atoms with E-state index >= 15 is 0 Å². The lowest BCUT2D eigenvalue weighted by Crippen LogP contribution is -2.32. The van der Waals surface area contributed by atoms with Gasteiger partial charge in [0.05, 0.1) is 23.4 Å². The molecular weight excluding hydrogens is 456 g/mol. The number of fused-ring (bicyclic) bond motifs is 1. The minimum atomic E-state index is -0.573. The summed E-state index contributed by atoms with van der Waals surface area (Å²) >= 11 is 0. The van der Waals surface area contributed by atoms with E-state index in [-0.39, 0.29) is 48.4 Å². The molecule has 2 aromatic carbocycles. The molecule has 186 valence electrons. The van der Waals surface area contributed by atoms with Gasteiger partial charge in [0.15, 0.2) is 0 Å². The van der Waals surface area contributed by atoms with Gasteiger partial charge in [0.2, 0.25) is 17.7 Å². The number of carbonyl (C=O) groups excluding carboxylic acids is 4. The van der Waals surface area contributed by atoms with E-state index in [1.807, 2.05) is 51.1 Å². The van der Waals surface area contributed by atoms with Gasteiger partial charge >= 0.3 is 5.97 Å². The molecule has 0 spiro atoms. The monoisotopic (exact) mass is 486 g/mol. The Bertz CT molecular complexity index is 1310. The quantitative estimate of drug-likeness (QED) is 0.279. The number of aryl methyl sites for hydroxylation is 2. The summed E-state index contributed by atoms with van der Waals surface area (Å²) in [4.78, 5) is 54.7. The van der Waals surface area contributed by atoms with Gasteiger partial charge in [0.1, 0.15) is 5.75 Å². The van der Waals surface area contributed by atoms with Crippen molar-refractivity contribution in [1.82, 2.24) is 0 Å². The van der Waals surface area contributed by atoms with Crippen molar-refractivity contribution in [2.24, 2.45) is 23.7 Å². The molecule has 2 fully saturated rings. The van der Waals surface area contributed by atoms with Crippen LogP contribution in [-0.4, -0.2) is 30.2 Å². The number of allylic oxidation sites excluding steroid dienone is 2. The first-order valence-electron chi connectivity index (χ1n) is 12.4. The van der Waals surface area contributed by atoms with Gasteiger partial charge in [-0.2, -0.15) is 0 Å². The highest BCUT2D eigenvalue weighted by molar-refractivity contribution is 6.22. The Labute approximate surface area is 210 Å². The van der Waals surface area contributed by atoms with Gasteiger partial charge in [0.25, 0.3) is 0 Å². The van der Waals surface area contributed by atoms with E-state index in [0.717, 1.165) is 16.8 Å². The second kappa shape index (κ2) is 9.04. The summed E-state index contributed by atoms with van der Waals surface area (Å²) in [6.07, 6.45) is 4.64. The summed E-state index contributed by atoms with van der Waals surface area (Å²) in [5, 5.41) is 0. The summed E-state index contributed by atoms with van der Waals surface area (Å²) in [6.45, 7) is 7.98. The lowest BCUT2D eigenvalue weighted by Gasteiger charge is -2.22. The Morgan fingerprint density at radius 3 is 2.47 bits per heavy atom. The molecule has 0 radical (unpaired) electrons. The Kier molecular flexibility index (Phi) is 6.02. The van der Waals surface area contributed by atoms with Crippen LogP contribution in [0, 0.1) is 44.4 Å². The summed E-state index contributed by atoms with van der Waals surface area (Å²) in [5.74, 6) is -1.81. The zero-order valence-corrected chi connectivity index (χ0v) is 21.0. The van der Waals surface area contributed by atoms with Crippen LogP contribution in [0.3, 0.4) is 0 Å². The number of rotatable bonds is 4. The molecule has 0 unspecified atom stereocenters. The van der Waals surface area contributed by atoms with Crippen molar-refractivity contribution in [2.75, 3.05) is 16.3 Å². The molecule has 4 atom stereocenters. The summed E-state index contributed by atoms with van der Waals surface area (Å²) in [7, 11) is 0. The van der Waals surface area contributed by atoms with Crippen molar-refractivity contribution in [3.63, 3.8) is 0 Å². The van der Waals surface area contributed by atoms with E-state index in [4.69, 9.17) is 4.74 Å². The Hall–Kier alpha value is -3.74. The molecule has 3 amide bonds. The van der Waals surface area contributed by atoms with Crippen molar-refractivity contribution < 1.29 is 23.9 Å². The van der Waals surface area contributed by atoms with Crippen molar-refractivity contribution in [3.8, 4) is 5.75 Å². The standard InChI is InChI=1S/C29H30N2O5/c1-16-7-6-10-24(19(16)4)30-15-20(14-25(30)32)29(35)36-21-11-12-23(18(3)13-21)31-27(33)22-9-5-8-17(2)26(22)28(31)34/h5-8,10-13,17,20,22,26H,9,14-15H2,1-4H3/t17-,20-,22-,26+/m1/s1. The highest BCUT2D eigenvalue weighted by Crippen LogP contribution is 2.41. The number of hydrogen-bond acceptors (Lipinski definition) is 5. The van der Waals surface area contributed by atoms with Gasteiger partial charge in [0, 0.05) is 18.7 Å². The number of carbonyl (C=O) groups is 4. The zero-order valence-electron chi connectivity index (χ0n) is 21.0. The average molecular weight is 487 g/mol. The third-order valence-corrected chi connectivity index (χ3v) is 7.83. The molecule has 0 aromatic heterocycles. The van der Waals surface area contributed by atoms with Crippen LogP contribution in [0.5, 0.6) is 5.75 Å². The lowest BCUT2D eigenvalue weighted by molar-refractivity contribution is -0.139. The molecule has 3 aliphatic rings. The van der Waals surface area contributed by atoms with Gasteiger partial charge < -0.3 is 9.64 Å². The van der Waals surface area contributed by atoms with E-state index in [1.165, 1.54) is 4.90 Å². The van der Waals surface area contributed by atoms with Crippen LogP contribution in [0.2, 0.25) is 0 Å². The molecule has 0 N–H and O–H groups in total. The van der Waals surface area contributed by atoms with E-state index in [1.54, 1.807) is 30.0 Å². The van der Waals surface area contributed by atoms with E-state index in [0.29, 0.717) is 23.4 Å². The minimum Gasteiger partial charge on any atom is -0.426 e. The predicted octanol–water partition coefficient (Wildman–Crippen LogP) is 4.27. The van der Waals surface area contributed by atoms with Crippen LogP contribution in [0.25, 0.3) is 0 Å². The molecule has 7 heteroatoms. The number of anilines is 2. The Morgan fingerprint density at radius 2 is 1.75 bits per heavy atom. The topological polar surface area (TPSA) is 84.0 Å². The molecule has 2 saturated heterocycles. The fourth-order valence-electron chi connectivity index (χ4n) is 5.65. The van der Waals surface area contributed by atoms with Crippen molar-refractivity contribution in [1.29, 1.82) is 0 Å². The van der Waals surface area contributed by atoms with Crippen LogP contribution < -0.4 is 14.5 Å². The number of esters is 1. The Balaban J connectivity index is 1.30. The molecule has 2 heterocycles. The van der Waals surface area contributed by atoms with Crippen LogP contribution in [-0.2, 0) is 19.2 Å². The van der Waals surface area contributed by atoms with E-state index in [9.17, 15) is 19.2 Å². The molecule has 0 bridgehead atoms. The molecular formula is C29H30N2O5. The smallest absolute Gasteiger partial charge is 0.316 e. The van der Waals surface area contributed by atoms with Gasteiger partial charge in [-0.1, -0.05) is 31.2 Å². The van der Waals surface area contributed by atoms with Gasteiger partial charge in [-0.25, -0.2) is 4.90 Å². The van der Waals surface area contributed by atoms with Crippen LogP contribution in [0.15, 0.2) is 48.6 Å². The normalized spacial score (nSPS) is 25.5. The number of hydrogen-bond donors (Lipinski definition) is 0. The molecule has 7 nitrogen and oxygen atoms in total. The van der Waals surface area contributed by atoms with Crippen molar-refractivity contribution in [3.05, 3.63) is 65.2 Å². The van der Waals surface area contributed by atoms with Crippen LogP contribution in [0.4, 0.5) is 11.4 Å². The molecule has 0 saturated carbocycles. The first-order valence-corrected chi connectivity index (χ1v) is 12.4. The summed E-state index contributed by atoms with van der Waals surface area (Å²) in [6, 6.07) is 10.7. The molecule has 2 aliphatic heterocycles. The minimum absolute atomic E-state index is 0.0167. The lowest BCUT2D eigenvalue weighted by atomic mass is 9.78. The maximum atomic E-state index is 13.1. The third-order valence-electron chi connectivity index (χ3n) is 7.83. The zero-order chi connectivity index (χ0) is 25.7. The molecule has 2 aromatic rings. The molecule has 1 aliphatic carbocycles. The molecule has 36 heavy (non-hydrogen) atoms. The van der Waals surface area contributed by atoms with Crippen LogP contribution in [0.1, 0.15) is 36.5 Å². The fourth-order valence-corrected chi connectivity index (χ4v) is 5.65. The summed E-state index contributed by atoms with van der Waals surface area (Å²) in [5.41, 5.74) is 4.11. The SMILES string of the molecule is Cc1cc(OC(=O)[C@@H]2CC(=O)N(c3cccc(C)c3C)C2)ccc1N1C(=O)[C@H]2[C@H](C)C=CC[C@H]2C1=O. The molecule has 5 rings (SSSR count). The van der Waals surface area contributed by atoms with Gasteiger partial charge in [-0.05, 0) is 74.1 Å². The second-order valence-electron chi connectivity index (χ2n) is 10.2. The number of nitrogens with zero attached hydrogens (tertiary/aromatic N) is 2. The highest BCUT2D eigenvalue weighted by atomic mass is 16.5. The number of amides is 3. The number of benzene rings is 2. The number of ether oxygens (including phenoxy) is 1. The third kappa shape index (κ3) is 3.92. The van der Waals surface area contributed by atoms with Gasteiger partial charge in [-0.15, -0.1) is 0 Å². The Morgan fingerprint density at radius 1 is 0.972 bits per heavy atom. The van der Waals surface area contributed by atoms with Crippen molar-refractivity contribution in [2.45, 2.75) is 40.5 Å². The van der Waals surface area contributed by atoms with E-state index < -0.39 is 11.9 Å². The fraction of sp³-hybridized carbons (Fsp3) is 0.379. The van der Waals surface area contributed by atoms with Crippen molar-refractivity contribution >= 4 is 35.1 Å². The maximum Gasteiger partial charge on any atom is 0.316 e. The van der Waals surface area contributed by atoms with Crippen LogP contribution >= 0.6 is 0 Å². The van der Waals surface area contributed by atoms with E-state index in [2.05, 4.69) is 0 Å². The average Bonchev–Trinajstić information content (AvgIpc) is 3.34. The first-order chi connectivity index (χ1) is 17.2. The first kappa shape index (κ1) is 24.0. The van der Waals surface area contributed by atoms with Gasteiger partial charge in [-0.3, -0.25) is 19.2 Å². The second-order valence-corrected chi connectivity index (χ2v) is 10.2. The largest absolute Gasteiger partial charge is 0.426 e. The predicted molar refractivity (Wildman–Crippen MR) is 136 cm³/mol. The highest BCUT2D eigenvalue weighted by Gasteiger charge is 2.50. The summed E-state index contributed by atoms with van der Waals surface area (Å²) < 4.78 is 5.63.